The molecule has 0 aromatic heterocycles. The maximum absolute atomic E-state index is 10.3. The third-order valence-corrected chi connectivity index (χ3v) is 2.37. The summed E-state index contributed by atoms with van der Waals surface area (Å²) in [4.78, 5) is 0. The molecular weight excluding hydrogens is 152 g/mol. The standard InChI is InChI=1S/C5H12N2O2S/c6-10(8,9)7-4-5-2-1-3-5/h5,7H,1-4H2,(H2,6,8,9). The summed E-state index contributed by atoms with van der Waals surface area (Å²) in [6.45, 7) is 0.513. The van der Waals surface area contributed by atoms with E-state index < -0.39 is 10.2 Å². The van der Waals surface area contributed by atoms with Crippen molar-refractivity contribution in [1.82, 2.24) is 4.72 Å². The average molecular weight is 164 g/mol. The lowest BCUT2D eigenvalue weighted by atomic mass is 9.86. The quantitative estimate of drug-likeness (QED) is 0.594. The molecule has 1 rings (SSSR count). The summed E-state index contributed by atoms with van der Waals surface area (Å²) in [6, 6.07) is 0. The molecule has 0 heterocycles. The van der Waals surface area contributed by atoms with Gasteiger partial charge in [0, 0.05) is 6.54 Å². The van der Waals surface area contributed by atoms with E-state index in [4.69, 9.17) is 5.14 Å². The van der Waals surface area contributed by atoms with Gasteiger partial charge in [-0.1, -0.05) is 6.42 Å². The van der Waals surface area contributed by atoms with Gasteiger partial charge in [0.15, 0.2) is 0 Å². The molecule has 0 aromatic carbocycles. The van der Waals surface area contributed by atoms with Crippen molar-refractivity contribution in [2.24, 2.45) is 11.1 Å². The van der Waals surface area contributed by atoms with Crippen molar-refractivity contribution < 1.29 is 8.42 Å². The molecule has 3 N–H and O–H groups in total. The van der Waals surface area contributed by atoms with Crippen molar-refractivity contribution in [2.45, 2.75) is 19.3 Å². The van der Waals surface area contributed by atoms with Gasteiger partial charge in [0.2, 0.25) is 0 Å². The van der Waals surface area contributed by atoms with Crippen molar-refractivity contribution in [3.8, 4) is 0 Å². The van der Waals surface area contributed by atoms with Gasteiger partial charge >= 0.3 is 0 Å². The molecule has 1 fully saturated rings. The molecule has 60 valence electrons. The summed E-state index contributed by atoms with van der Waals surface area (Å²) in [6.07, 6.45) is 3.47. The normalized spacial score (nSPS) is 20.5. The van der Waals surface area contributed by atoms with Crippen LogP contribution in [0.4, 0.5) is 0 Å². The maximum Gasteiger partial charge on any atom is 0.274 e. The fourth-order valence-electron chi connectivity index (χ4n) is 0.931. The van der Waals surface area contributed by atoms with Gasteiger partial charge in [0.1, 0.15) is 0 Å². The van der Waals surface area contributed by atoms with E-state index >= 15 is 0 Å². The highest BCUT2D eigenvalue weighted by molar-refractivity contribution is 7.87. The first kappa shape index (κ1) is 7.97. The minimum Gasteiger partial charge on any atom is -0.216 e. The second-order valence-corrected chi connectivity index (χ2v) is 4.07. The second kappa shape index (κ2) is 2.86. The first-order valence-electron chi connectivity index (χ1n) is 3.35. The number of hydrogen-bond donors (Lipinski definition) is 2. The van der Waals surface area contributed by atoms with Gasteiger partial charge in [0.25, 0.3) is 10.2 Å². The van der Waals surface area contributed by atoms with Gasteiger partial charge in [-0.2, -0.15) is 8.42 Å². The molecule has 0 aliphatic heterocycles. The molecule has 4 nitrogen and oxygen atoms in total. The zero-order valence-electron chi connectivity index (χ0n) is 5.71. The Hall–Kier alpha value is -0.130. The van der Waals surface area contributed by atoms with Gasteiger partial charge in [-0.15, -0.1) is 0 Å². The lowest BCUT2D eigenvalue weighted by Gasteiger charge is -2.24. The Balaban J connectivity index is 2.16. The van der Waals surface area contributed by atoms with Crippen LogP contribution in [0.2, 0.25) is 0 Å². The Kier molecular flexibility index (Phi) is 2.28. The second-order valence-electron chi connectivity index (χ2n) is 2.69. The summed E-state index contributed by atoms with van der Waals surface area (Å²) >= 11 is 0. The van der Waals surface area contributed by atoms with Gasteiger partial charge < -0.3 is 0 Å². The van der Waals surface area contributed by atoms with Crippen LogP contribution in [-0.2, 0) is 10.2 Å². The van der Waals surface area contributed by atoms with Crippen LogP contribution in [0.15, 0.2) is 0 Å². The summed E-state index contributed by atoms with van der Waals surface area (Å²) < 4.78 is 23.0. The van der Waals surface area contributed by atoms with Gasteiger partial charge in [0.05, 0.1) is 0 Å². The van der Waals surface area contributed by atoms with Crippen molar-refractivity contribution in [2.75, 3.05) is 6.54 Å². The zero-order chi connectivity index (χ0) is 7.61. The molecule has 0 atom stereocenters. The Bertz CT molecular complexity index is 196. The molecule has 10 heavy (non-hydrogen) atoms. The third-order valence-electron chi connectivity index (χ3n) is 1.80. The smallest absolute Gasteiger partial charge is 0.216 e. The van der Waals surface area contributed by atoms with Crippen LogP contribution < -0.4 is 9.86 Å². The Morgan fingerprint density at radius 1 is 1.50 bits per heavy atom. The largest absolute Gasteiger partial charge is 0.274 e. The van der Waals surface area contributed by atoms with Crippen LogP contribution in [0.1, 0.15) is 19.3 Å². The van der Waals surface area contributed by atoms with Crippen LogP contribution in [0, 0.1) is 5.92 Å². The van der Waals surface area contributed by atoms with E-state index in [0.29, 0.717) is 12.5 Å². The van der Waals surface area contributed by atoms with Gasteiger partial charge in [-0.05, 0) is 18.8 Å². The van der Waals surface area contributed by atoms with Crippen molar-refractivity contribution in [3.63, 3.8) is 0 Å². The van der Waals surface area contributed by atoms with Crippen molar-refractivity contribution >= 4 is 10.2 Å². The zero-order valence-corrected chi connectivity index (χ0v) is 6.52. The molecule has 0 spiro atoms. The Morgan fingerprint density at radius 2 is 2.10 bits per heavy atom. The fourth-order valence-corrected chi connectivity index (χ4v) is 1.40. The lowest BCUT2D eigenvalue weighted by molar-refractivity contribution is 0.316. The van der Waals surface area contributed by atoms with E-state index in [0.717, 1.165) is 12.8 Å². The number of hydrogen-bond acceptors (Lipinski definition) is 2. The minimum absolute atomic E-state index is 0.513. The number of rotatable bonds is 3. The molecule has 0 amide bonds. The molecule has 5 heteroatoms. The fraction of sp³-hybridized carbons (Fsp3) is 1.00. The van der Waals surface area contributed by atoms with Crippen LogP contribution >= 0.6 is 0 Å². The monoisotopic (exact) mass is 164 g/mol. The van der Waals surface area contributed by atoms with Crippen molar-refractivity contribution in [1.29, 1.82) is 0 Å². The Labute approximate surface area is 61.0 Å². The van der Waals surface area contributed by atoms with Crippen LogP contribution in [0.3, 0.4) is 0 Å². The van der Waals surface area contributed by atoms with E-state index in [9.17, 15) is 8.42 Å². The molecule has 1 aliphatic carbocycles. The van der Waals surface area contributed by atoms with Crippen LogP contribution in [0.25, 0.3) is 0 Å². The highest BCUT2D eigenvalue weighted by atomic mass is 32.2. The van der Waals surface area contributed by atoms with E-state index in [1.165, 1.54) is 6.42 Å². The van der Waals surface area contributed by atoms with E-state index in [-0.39, 0.29) is 0 Å². The average Bonchev–Trinajstić information content (AvgIpc) is 1.56. The minimum atomic E-state index is -3.45. The molecule has 0 aromatic rings. The predicted octanol–water partition coefficient (Wildman–Crippen LogP) is -0.420. The summed E-state index contributed by atoms with van der Waals surface area (Å²) in [7, 11) is -3.45. The molecule has 0 radical (unpaired) electrons. The van der Waals surface area contributed by atoms with E-state index in [2.05, 4.69) is 4.72 Å². The predicted molar refractivity (Wildman–Crippen MR) is 38.5 cm³/mol. The van der Waals surface area contributed by atoms with E-state index in [1.807, 2.05) is 0 Å². The lowest BCUT2D eigenvalue weighted by Crippen LogP contribution is -2.36. The maximum atomic E-state index is 10.3. The van der Waals surface area contributed by atoms with Crippen LogP contribution in [0.5, 0.6) is 0 Å². The summed E-state index contributed by atoms with van der Waals surface area (Å²) in [5.41, 5.74) is 0. The molecule has 1 saturated carbocycles. The topological polar surface area (TPSA) is 72.2 Å². The summed E-state index contributed by atoms with van der Waals surface area (Å²) in [5, 5.41) is 4.72. The van der Waals surface area contributed by atoms with Gasteiger partial charge in [-0.25, -0.2) is 9.86 Å². The first-order chi connectivity index (χ1) is 4.58. The van der Waals surface area contributed by atoms with Crippen LogP contribution in [-0.4, -0.2) is 15.0 Å². The Morgan fingerprint density at radius 3 is 2.40 bits per heavy atom. The molecule has 0 saturated heterocycles. The molecule has 0 bridgehead atoms. The molecule has 1 aliphatic rings. The summed E-state index contributed by atoms with van der Waals surface area (Å²) in [5.74, 6) is 0.526. The van der Waals surface area contributed by atoms with E-state index in [1.54, 1.807) is 0 Å². The molecule has 0 unspecified atom stereocenters. The first-order valence-corrected chi connectivity index (χ1v) is 4.90. The SMILES string of the molecule is NS(=O)(=O)NCC1CCC1. The highest BCUT2D eigenvalue weighted by Gasteiger charge is 2.18. The highest BCUT2D eigenvalue weighted by Crippen LogP contribution is 2.25. The molecular formula is C5H12N2O2S. The number of nitrogens with two attached hydrogens (primary N) is 1. The van der Waals surface area contributed by atoms with Gasteiger partial charge in [-0.3, -0.25) is 0 Å². The van der Waals surface area contributed by atoms with Crippen molar-refractivity contribution in [3.05, 3.63) is 0 Å². The third kappa shape index (κ3) is 2.64. The number of nitrogens with one attached hydrogen (secondary N) is 1.